The minimum Gasteiger partial charge on any atom is -0.362 e. The summed E-state index contributed by atoms with van der Waals surface area (Å²) in [6.45, 7) is 3.29. The van der Waals surface area contributed by atoms with Crippen molar-refractivity contribution >= 4 is 17.0 Å². The van der Waals surface area contributed by atoms with E-state index in [4.69, 9.17) is 5.73 Å². The van der Waals surface area contributed by atoms with Gasteiger partial charge in [-0.1, -0.05) is 31.2 Å². The molecule has 20 heavy (non-hydrogen) atoms. The summed E-state index contributed by atoms with van der Waals surface area (Å²) in [6.07, 6.45) is 3.40. The number of fused-ring (bicyclic) bond motifs is 1. The van der Waals surface area contributed by atoms with Crippen molar-refractivity contribution < 1.29 is 0 Å². The highest BCUT2D eigenvalue weighted by atomic mass is 32.1. The number of rotatable bonds is 4. The van der Waals surface area contributed by atoms with Gasteiger partial charge in [0, 0.05) is 23.2 Å². The molecule has 0 bridgehead atoms. The second kappa shape index (κ2) is 5.98. The third-order valence-electron chi connectivity index (χ3n) is 4.19. The average molecular weight is 286 g/mol. The van der Waals surface area contributed by atoms with Crippen LogP contribution in [-0.2, 0) is 6.42 Å². The monoisotopic (exact) mass is 286 g/mol. The Bertz CT molecular complexity index is 550. The number of aryl methyl sites for hydroxylation is 1. The van der Waals surface area contributed by atoms with Gasteiger partial charge >= 0.3 is 0 Å². The molecule has 0 saturated carbocycles. The van der Waals surface area contributed by atoms with Crippen molar-refractivity contribution in [3.63, 3.8) is 0 Å². The molecule has 1 aromatic heterocycles. The molecule has 106 valence electrons. The van der Waals surface area contributed by atoms with E-state index in [1.54, 1.807) is 0 Å². The quantitative estimate of drug-likeness (QED) is 0.921. The highest BCUT2D eigenvalue weighted by Gasteiger charge is 2.29. The van der Waals surface area contributed by atoms with E-state index in [1.807, 2.05) is 11.3 Å². The Morgan fingerprint density at radius 3 is 2.85 bits per heavy atom. The number of nitrogens with two attached hydrogens (primary N) is 1. The third-order valence-corrected chi connectivity index (χ3v) is 5.14. The maximum Gasteiger partial charge on any atom is 0.0785 e. The maximum absolute atomic E-state index is 6.46. The summed E-state index contributed by atoms with van der Waals surface area (Å²) < 4.78 is 0. The van der Waals surface area contributed by atoms with Gasteiger partial charge in [0.1, 0.15) is 0 Å². The van der Waals surface area contributed by atoms with Crippen LogP contribution in [0.4, 0.5) is 5.69 Å². The first-order valence-electron chi connectivity index (χ1n) is 7.44. The molecular formula is C17H22N2S. The number of hydrogen-bond donors (Lipinski definition) is 1. The molecule has 1 aliphatic rings. The molecule has 0 saturated heterocycles. The molecule has 3 heteroatoms. The van der Waals surface area contributed by atoms with Crippen LogP contribution in [0.5, 0.6) is 0 Å². The van der Waals surface area contributed by atoms with Crippen LogP contribution in [0.15, 0.2) is 41.8 Å². The van der Waals surface area contributed by atoms with Gasteiger partial charge in [0.05, 0.1) is 6.04 Å². The number of anilines is 1. The molecule has 2 heterocycles. The van der Waals surface area contributed by atoms with Gasteiger partial charge in [-0.05, 0) is 42.3 Å². The van der Waals surface area contributed by atoms with Crippen LogP contribution < -0.4 is 10.6 Å². The van der Waals surface area contributed by atoms with Crippen LogP contribution in [0.25, 0.3) is 0 Å². The van der Waals surface area contributed by atoms with Crippen LogP contribution in [0, 0.1) is 0 Å². The van der Waals surface area contributed by atoms with Crippen molar-refractivity contribution in [3.8, 4) is 0 Å². The van der Waals surface area contributed by atoms with Gasteiger partial charge in [-0.15, -0.1) is 11.3 Å². The van der Waals surface area contributed by atoms with Crippen LogP contribution in [0.3, 0.4) is 0 Å². The van der Waals surface area contributed by atoms with Crippen LogP contribution in [0.1, 0.15) is 36.2 Å². The van der Waals surface area contributed by atoms with Gasteiger partial charge in [0.25, 0.3) is 0 Å². The van der Waals surface area contributed by atoms with Crippen molar-refractivity contribution in [3.05, 3.63) is 52.2 Å². The van der Waals surface area contributed by atoms with E-state index in [1.165, 1.54) is 29.0 Å². The molecule has 0 amide bonds. The van der Waals surface area contributed by atoms with Crippen molar-refractivity contribution in [2.75, 3.05) is 11.4 Å². The molecule has 2 atom stereocenters. The van der Waals surface area contributed by atoms with Gasteiger partial charge in [-0.3, -0.25) is 0 Å². The normalized spacial score (nSPS) is 17.6. The fraction of sp³-hybridized carbons (Fsp3) is 0.412. The predicted octanol–water partition coefficient (Wildman–Crippen LogP) is 3.98. The lowest BCUT2D eigenvalue weighted by molar-refractivity contribution is 0.481. The fourth-order valence-corrected chi connectivity index (χ4v) is 4.04. The molecule has 1 aliphatic heterocycles. The lowest BCUT2D eigenvalue weighted by atomic mass is 9.96. The molecule has 1 aromatic carbocycles. The topological polar surface area (TPSA) is 29.3 Å². The van der Waals surface area contributed by atoms with E-state index in [2.05, 4.69) is 53.6 Å². The van der Waals surface area contributed by atoms with Gasteiger partial charge < -0.3 is 10.6 Å². The van der Waals surface area contributed by atoms with E-state index >= 15 is 0 Å². The number of para-hydroxylation sites is 1. The zero-order chi connectivity index (χ0) is 13.9. The Balaban J connectivity index is 2.00. The smallest absolute Gasteiger partial charge is 0.0785 e. The summed E-state index contributed by atoms with van der Waals surface area (Å²) in [5, 5.41) is 2.15. The summed E-state index contributed by atoms with van der Waals surface area (Å²) in [4.78, 5) is 3.91. The summed E-state index contributed by atoms with van der Waals surface area (Å²) >= 11 is 1.82. The molecule has 2 aromatic rings. The Hall–Kier alpha value is -1.32. The largest absolute Gasteiger partial charge is 0.362 e. The lowest BCUT2D eigenvalue weighted by Gasteiger charge is -2.40. The zero-order valence-corrected chi connectivity index (χ0v) is 12.8. The molecule has 0 aliphatic carbocycles. The number of thiophene rings is 1. The van der Waals surface area contributed by atoms with Crippen LogP contribution in [0.2, 0.25) is 0 Å². The summed E-state index contributed by atoms with van der Waals surface area (Å²) in [5.41, 5.74) is 9.30. The van der Waals surface area contributed by atoms with Crippen LogP contribution >= 0.6 is 11.3 Å². The molecule has 2 nitrogen and oxygen atoms in total. The third kappa shape index (κ3) is 2.48. The first-order valence-corrected chi connectivity index (χ1v) is 8.32. The van der Waals surface area contributed by atoms with Gasteiger partial charge in [0.15, 0.2) is 0 Å². The van der Waals surface area contributed by atoms with Gasteiger partial charge in [-0.2, -0.15) is 0 Å². The van der Waals surface area contributed by atoms with E-state index in [9.17, 15) is 0 Å². The van der Waals surface area contributed by atoms with E-state index in [-0.39, 0.29) is 6.04 Å². The molecule has 2 N–H and O–H groups in total. The fourth-order valence-electron chi connectivity index (χ4n) is 3.13. The molecule has 0 fully saturated rings. The average Bonchev–Trinajstić information content (AvgIpc) is 3.01. The second-order valence-corrected chi connectivity index (χ2v) is 6.44. The number of nitrogens with zero attached hydrogens (tertiary/aromatic N) is 1. The molecule has 0 spiro atoms. The van der Waals surface area contributed by atoms with E-state index in [0.29, 0.717) is 6.04 Å². The van der Waals surface area contributed by atoms with Crippen molar-refractivity contribution in [2.24, 2.45) is 5.73 Å². The molecular weight excluding hydrogens is 264 g/mol. The highest BCUT2D eigenvalue weighted by Crippen LogP contribution is 2.37. The first-order chi connectivity index (χ1) is 9.81. The summed E-state index contributed by atoms with van der Waals surface area (Å²) in [7, 11) is 0. The minimum absolute atomic E-state index is 0.180. The molecule has 3 rings (SSSR count). The van der Waals surface area contributed by atoms with E-state index < -0.39 is 0 Å². The SMILES string of the molecule is CCC(N)C(c1cccs1)N1CCCc2ccccc21. The summed E-state index contributed by atoms with van der Waals surface area (Å²) in [6, 6.07) is 13.6. The van der Waals surface area contributed by atoms with Crippen molar-refractivity contribution in [2.45, 2.75) is 38.3 Å². The van der Waals surface area contributed by atoms with E-state index in [0.717, 1.165) is 13.0 Å². The standard InChI is InChI=1S/C17H22N2S/c1-2-14(18)17(16-10-6-12-20-16)19-11-5-8-13-7-3-4-9-15(13)19/h3-4,6-7,9-10,12,14,17H,2,5,8,11,18H2,1H3. The highest BCUT2D eigenvalue weighted by molar-refractivity contribution is 7.10. The Morgan fingerprint density at radius 1 is 1.25 bits per heavy atom. The Kier molecular flexibility index (Phi) is 4.08. The Labute approximate surface area is 125 Å². The lowest BCUT2D eigenvalue weighted by Crippen LogP contribution is -2.43. The second-order valence-electron chi connectivity index (χ2n) is 5.46. The molecule has 2 unspecified atom stereocenters. The Morgan fingerprint density at radius 2 is 2.10 bits per heavy atom. The summed E-state index contributed by atoms with van der Waals surface area (Å²) in [5.74, 6) is 0. The zero-order valence-electron chi connectivity index (χ0n) is 12.0. The van der Waals surface area contributed by atoms with Gasteiger partial charge in [0.2, 0.25) is 0 Å². The molecule has 0 radical (unpaired) electrons. The first kappa shape index (κ1) is 13.7. The van der Waals surface area contributed by atoms with Gasteiger partial charge in [-0.25, -0.2) is 0 Å². The number of benzene rings is 1. The predicted molar refractivity (Wildman–Crippen MR) is 87.4 cm³/mol. The maximum atomic E-state index is 6.46. The number of hydrogen-bond acceptors (Lipinski definition) is 3. The van der Waals surface area contributed by atoms with Crippen LogP contribution in [-0.4, -0.2) is 12.6 Å². The minimum atomic E-state index is 0.180. The van der Waals surface area contributed by atoms with Crippen molar-refractivity contribution in [1.82, 2.24) is 0 Å². The van der Waals surface area contributed by atoms with Crippen molar-refractivity contribution in [1.29, 1.82) is 0 Å².